The van der Waals surface area contributed by atoms with Gasteiger partial charge in [-0.25, -0.2) is 19.0 Å². The summed E-state index contributed by atoms with van der Waals surface area (Å²) in [5, 5.41) is 9.15. The summed E-state index contributed by atoms with van der Waals surface area (Å²) >= 11 is 1.37. The van der Waals surface area contributed by atoms with Gasteiger partial charge in [0.05, 0.1) is 5.25 Å². The van der Waals surface area contributed by atoms with Crippen molar-refractivity contribution in [3.8, 4) is 5.82 Å². The highest BCUT2D eigenvalue weighted by Gasteiger charge is 2.32. The molecule has 0 unspecified atom stereocenters. The Bertz CT molecular complexity index is 1030. The molecule has 8 nitrogen and oxygen atoms in total. The number of pyridine rings is 1. The smallest absolute Gasteiger partial charge is 0.243 e. The molecule has 1 fully saturated rings. The number of nitrogens with one attached hydrogen (secondary N) is 2. The van der Waals surface area contributed by atoms with Crippen molar-refractivity contribution in [2.45, 2.75) is 24.3 Å². The molecular weight excluding hydrogens is 407 g/mol. The minimum atomic E-state index is -0.623. The third kappa shape index (κ3) is 4.65. The van der Waals surface area contributed by atoms with Gasteiger partial charge in [0.1, 0.15) is 24.5 Å². The number of hydrogen-bond acceptors (Lipinski definition) is 6. The molecule has 2 atom stereocenters. The SMILES string of the molecule is O=C(NCc1ccc(-n2cncn2)nc1)[C@@H]1CS[C@@H](Cc2ccccc2F)C(=O)N1. The number of halogens is 1. The van der Waals surface area contributed by atoms with Gasteiger partial charge in [-0.15, -0.1) is 11.8 Å². The molecule has 3 aromatic rings. The van der Waals surface area contributed by atoms with Gasteiger partial charge in [0.2, 0.25) is 11.8 Å². The van der Waals surface area contributed by atoms with Crippen LogP contribution in [0.3, 0.4) is 0 Å². The van der Waals surface area contributed by atoms with E-state index in [1.807, 2.05) is 6.07 Å². The molecular formula is C20H19FN6O2S. The summed E-state index contributed by atoms with van der Waals surface area (Å²) in [4.78, 5) is 33.0. The Morgan fingerprint density at radius 3 is 2.87 bits per heavy atom. The molecule has 0 spiro atoms. The van der Waals surface area contributed by atoms with Gasteiger partial charge in [-0.1, -0.05) is 24.3 Å². The molecule has 2 amide bonds. The molecule has 30 heavy (non-hydrogen) atoms. The number of amides is 2. The van der Waals surface area contributed by atoms with Gasteiger partial charge in [0, 0.05) is 18.5 Å². The molecule has 2 aromatic heterocycles. The topological polar surface area (TPSA) is 102 Å². The first-order chi connectivity index (χ1) is 14.6. The number of hydrogen-bond donors (Lipinski definition) is 2. The maximum absolute atomic E-state index is 13.8. The third-order valence-electron chi connectivity index (χ3n) is 4.68. The van der Waals surface area contributed by atoms with E-state index in [4.69, 9.17) is 0 Å². The number of benzene rings is 1. The highest BCUT2D eigenvalue weighted by atomic mass is 32.2. The first-order valence-corrected chi connectivity index (χ1v) is 10.4. The average molecular weight is 426 g/mol. The number of thioether (sulfide) groups is 1. The number of carbonyl (C=O) groups excluding carboxylic acids is 2. The van der Waals surface area contributed by atoms with E-state index in [-0.39, 0.29) is 17.6 Å². The van der Waals surface area contributed by atoms with Gasteiger partial charge < -0.3 is 10.6 Å². The van der Waals surface area contributed by atoms with Crippen molar-refractivity contribution in [2.24, 2.45) is 0 Å². The van der Waals surface area contributed by atoms with Crippen molar-refractivity contribution in [3.05, 3.63) is 72.2 Å². The van der Waals surface area contributed by atoms with E-state index < -0.39 is 11.3 Å². The zero-order valence-electron chi connectivity index (χ0n) is 15.9. The summed E-state index contributed by atoms with van der Waals surface area (Å²) in [7, 11) is 0. The Balaban J connectivity index is 1.28. The molecule has 4 rings (SSSR count). The van der Waals surface area contributed by atoms with Crippen molar-refractivity contribution < 1.29 is 14.0 Å². The zero-order valence-corrected chi connectivity index (χ0v) is 16.7. The molecule has 1 saturated heterocycles. The fourth-order valence-corrected chi connectivity index (χ4v) is 4.22. The third-order valence-corrected chi connectivity index (χ3v) is 5.99. The maximum Gasteiger partial charge on any atom is 0.243 e. The minimum absolute atomic E-state index is 0.256. The molecule has 1 aliphatic heterocycles. The van der Waals surface area contributed by atoms with Crippen LogP contribution < -0.4 is 10.6 Å². The molecule has 0 bridgehead atoms. The molecule has 0 saturated carbocycles. The van der Waals surface area contributed by atoms with Crippen LogP contribution in [0.2, 0.25) is 0 Å². The lowest BCUT2D eigenvalue weighted by Crippen LogP contribution is -2.54. The Labute approximate surface area is 176 Å². The quantitative estimate of drug-likeness (QED) is 0.615. The lowest BCUT2D eigenvalue weighted by atomic mass is 10.1. The lowest BCUT2D eigenvalue weighted by molar-refractivity contribution is -0.128. The fourth-order valence-electron chi connectivity index (χ4n) is 3.05. The summed E-state index contributed by atoms with van der Waals surface area (Å²) in [6.07, 6.45) is 4.91. The van der Waals surface area contributed by atoms with Crippen LogP contribution in [0.25, 0.3) is 5.82 Å². The van der Waals surface area contributed by atoms with Gasteiger partial charge in [-0.05, 0) is 29.7 Å². The van der Waals surface area contributed by atoms with Crippen LogP contribution in [0.1, 0.15) is 11.1 Å². The summed E-state index contributed by atoms with van der Waals surface area (Å²) < 4.78 is 15.4. The predicted octanol–water partition coefficient (Wildman–Crippen LogP) is 1.26. The van der Waals surface area contributed by atoms with E-state index >= 15 is 0 Å². The Hall–Kier alpha value is -3.27. The van der Waals surface area contributed by atoms with Crippen LogP contribution in [0.5, 0.6) is 0 Å². The summed E-state index contributed by atoms with van der Waals surface area (Å²) in [5.74, 6) is 0.211. The van der Waals surface area contributed by atoms with Gasteiger partial charge in [0.15, 0.2) is 5.82 Å². The standard InChI is InChI=1S/C20H19FN6O2S/c21-15-4-2-1-3-14(15)7-17-20(29)26-16(10-30-17)19(28)24-9-13-5-6-18(23-8-13)27-12-22-11-25-27/h1-6,8,11-12,16-17H,7,9-10H2,(H,24,28)(H,26,29)/t16-,17-/m0/s1. The van der Waals surface area contributed by atoms with Crippen LogP contribution in [-0.4, -0.2) is 48.6 Å². The second kappa shape index (κ2) is 9.04. The minimum Gasteiger partial charge on any atom is -0.350 e. The van der Waals surface area contributed by atoms with Crippen molar-refractivity contribution >= 4 is 23.6 Å². The zero-order chi connectivity index (χ0) is 20.9. The van der Waals surface area contributed by atoms with E-state index in [9.17, 15) is 14.0 Å². The van der Waals surface area contributed by atoms with Crippen molar-refractivity contribution in [3.63, 3.8) is 0 Å². The molecule has 154 valence electrons. The summed E-state index contributed by atoms with van der Waals surface area (Å²) in [6.45, 7) is 0.291. The van der Waals surface area contributed by atoms with E-state index in [2.05, 4.69) is 25.7 Å². The Morgan fingerprint density at radius 2 is 2.17 bits per heavy atom. The maximum atomic E-state index is 13.8. The van der Waals surface area contributed by atoms with E-state index in [1.165, 1.54) is 28.8 Å². The number of rotatable bonds is 6. The van der Waals surface area contributed by atoms with Crippen LogP contribution in [0.4, 0.5) is 4.39 Å². The first-order valence-electron chi connectivity index (χ1n) is 9.33. The molecule has 1 aromatic carbocycles. The highest BCUT2D eigenvalue weighted by Crippen LogP contribution is 2.23. The molecule has 1 aliphatic rings. The van der Waals surface area contributed by atoms with Crippen LogP contribution in [0.15, 0.2) is 55.2 Å². The van der Waals surface area contributed by atoms with Crippen LogP contribution >= 0.6 is 11.8 Å². The second-order valence-electron chi connectivity index (χ2n) is 6.76. The Morgan fingerprint density at radius 1 is 1.30 bits per heavy atom. The molecule has 0 aliphatic carbocycles. The number of nitrogens with zero attached hydrogens (tertiary/aromatic N) is 4. The molecule has 3 heterocycles. The highest BCUT2D eigenvalue weighted by molar-refractivity contribution is 8.00. The van der Waals surface area contributed by atoms with Gasteiger partial charge in [0.25, 0.3) is 0 Å². The molecule has 0 radical (unpaired) electrons. The van der Waals surface area contributed by atoms with Gasteiger partial charge in [-0.2, -0.15) is 5.10 Å². The van der Waals surface area contributed by atoms with E-state index in [0.29, 0.717) is 30.1 Å². The largest absolute Gasteiger partial charge is 0.350 e. The Kier molecular flexibility index (Phi) is 6.03. The summed E-state index contributed by atoms with van der Waals surface area (Å²) in [5.41, 5.74) is 1.31. The van der Waals surface area contributed by atoms with Crippen molar-refractivity contribution in [2.75, 3.05) is 5.75 Å². The lowest BCUT2D eigenvalue weighted by Gasteiger charge is -2.28. The van der Waals surface area contributed by atoms with E-state index in [1.54, 1.807) is 36.8 Å². The van der Waals surface area contributed by atoms with Crippen LogP contribution in [-0.2, 0) is 22.6 Å². The predicted molar refractivity (Wildman–Crippen MR) is 109 cm³/mol. The first kappa shape index (κ1) is 20.0. The van der Waals surface area contributed by atoms with E-state index in [0.717, 1.165) is 5.56 Å². The normalized spacial score (nSPS) is 18.6. The van der Waals surface area contributed by atoms with Crippen LogP contribution in [0, 0.1) is 5.82 Å². The van der Waals surface area contributed by atoms with Gasteiger partial charge >= 0.3 is 0 Å². The monoisotopic (exact) mass is 426 g/mol. The number of aromatic nitrogens is 4. The number of carbonyl (C=O) groups is 2. The summed E-state index contributed by atoms with van der Waals surface area (Å²) in [6, 6.07) is 9.40. The fraction of sp³-hybridized carbons (Fsp3) is 0.250. The average Bonchev–Trinajstić information content (AvgIpc) is 3.30. The molecule has 10 heteroatoms. The van der Waals surface area contributed by atoms with Gasteiger partial charge in [-0.3, -0.25) is 9.59 Å². The van der Waals surface area contributed by atoms with Crippen molar-refractivity contribution in [1.29, 1.82) is 0 Å². The second-order valence-corrected chi connectivity index (χ2v) is 8.00. The van der Waals surface area contributed by atoms with Crippen molar-refractivity contribution in [1.82, 2.24) is 30.4 Å². The molecule has 2 N–H and O–H groups in total.